The van der Waals surface area contributed by atoms with E-state index in [1.165, 1.54) is 0 Å². The Morgan fingerprint density at radius 3 is 2.32 bits per heavy atom. The Morgan fingerprint density at radius 2 is 1.74 bits per heavy atom. The highest BCUT2D eigenvalue weighted by Crippen LogP contribution is 2.40. The van der Waals surface area contributed by atoms with E-state index in [9.17, 15) is 14.7 Å². The number of carbonyl (C=O) groups is 2. The molecule has 1 aliphatic rings. The van der Waals surface area contributed by atoms with Gasteiger partial charge in [0.2, 0.25) is 0 Å². The minimum atomic E-state index is -0.866. The molecule has 0 aliphatic carbocycles. The first-order chi connectivity index (χ1) is 16.2. The van der Waals surface area contributed by atoms with Crippen LogP contribution in [0.15, 0.2) is 48.6 Å². The van der Waals surface area contributed by atoms with Crippen LogP contribution in [0.1, 0.15) is 80.4 Å². The van der Waals surface area contributed by atoms with Gasteiger partial charge in [0.15, 0.2) is 5.78 Å². The highest BCUT2D eigenvalue weighted by molar-refractivity contribution is 6.09. The summed E-state index contributed by atoms with van der Waals surface area (Å²) < 4.78 is 6.20. The maximum absolute atomic E-state index is 13.2. The molecular formula is C29H35NO4. The molecule has 0 spiro atoms. The number of ether oxygens (including phenoxy) is 1. The van der Waals surface area contributed by atoms with Gasteiger partial charge in [0, 0.05) is 24.3 Å². The third kappa shape index (κ3) is 5.58. The first-order valence-electron chi connectivity index (χ1n) is 12.1. The van der Waals surface area contributed by atoms with E-state index in [0.29, 0.717) is 28.9 Å². The molecule has 34 heavy (non-hydrogen) atoms. The average molecular weight is 462 g/mol. The molecule has 2 aromatic rings. The van der Waals surface area contributed by atoms with Gasteiger partial charge in [0.25, 0.3) is 0 Å². The summed E-state index contributed by atoms with van der Waals surface area (Å²) in [5.74, 6) is -1.23. The molecule has 1 heterocycles. The molecule has 3 rings (SSSR count). The molecule has 1 unspecified atom stereocenters. The van der Waals surface area contributed by atoms with Crippen LogP contribution in [0.2, 0.25) is 0 Å². The number of aliphatic carboxylic acids is 1. The lowest BCUT2D eigenvalue weighted by Crippen LogP contribution is -2.29. The van der Waals surface area contributed by atoms with Gasteiger partial charge in [0.1, 0.15) is 11.4 Å². The Bertz CT molecular complexity index is 1090. The van der Waals surface area contributed by atoms with Crippen LogP contribution >= 0.6 is 0 Å². The number of hydrogen-bond acceptors (Lipinski definition) is 4. The molecule has 180 valence electrons. The molecule has 5 nitrogen and oxygen atoms in total. The van der Waals surface area contributed by atoms with E-state index in [2.05, 4.69) is 30.9 Å². The summed E-state index contributed by atoms with van der Waals surface area (Å²) in [5, 5.41) is 9.79. The summed E-state index contributed by atoms with van der Waals surface area (Å²) in [4.78, 5) is 27.4. The van der Waals surface area contributed by atoms with Gasteiger partial charge >= 0.3 is 5.97 Å². The third-order valence-electron chi connectivity index (χ3n) is 6.21. The summed E-state index contributed by atoms with van der Waals surface area (Å²) >= 11 is 0. The Labute approximate surface area is 202 Å². The highest BCUT2D eigenvalue weighted by Gasteiger charge is 2.31. The van der Waals surface area contributed by atoms with Crippen molar-refractivity contribution in [1.82, 2.24) is 0 Å². The monoisotopic (exact) mass is 461 g/mol. The summed E-state index contributed by atoms with van der Waals surface area (Å²) in [7, 11) is 0. The molecule has 0 saturated heterocycles. The molecule has 1 aliphatic heterocycles. The fourth-order valence-corrected chi connectivity index (χ4v) is 4.32. The molecule has 0 fully saturated rings. The van der Waals surface area contributed by atoms with Crippen molar-refractivity contribution in [2.45, 2.75) is 59.0 Å². The number of carboxylic acids is 1. The van der Waals surface area contributed by atoms with Gasteiger partial charge in [-0.15, -0.1) is 0 Å². The largest absolute Gasteiger partial charge is 0.482 e. The van der Waals surface area contributed by atoms with E-state index in [4.69, 9.17) is 4.74 Å². The second-order valence-electron chi connectivity index (χ2n) is 9.12. The number of anilines is 1. The number of allylic oxidation sites excluding steroid dienone is 1. The lowest BCUT2D eigenvalue weighted by atomic mass is 9.86. The van der Waals surface area contributed by atoms with E-state index in [1.807, 2.05) is 45.1 Å². The van der Waals surface area contributed by atoms with Crippen LogP contribution in [0.4, 0.5) is 5.69 Å². The van der Waals surface area contributed by atoms with Gasteiger partial charge in [0.05, 0.1) is 11.5 Å². The maximum Gasteiger partial charge on any atom is 0.310 e. The number of benzene rings is 2. The van der Waals surface area contributed by atoms with Crippen molar-refractivity contribution in [1.29, 1.82) is 0 Å². The normalized spacial score (nSPS) is 15.0. The summed E-state index contributed by atoms with van der Waals surface area (Å²) in [6, 6.07) is 11.6. The molecule has 0 saturated carbocycles. The first-order valence-corrected chi connectivity index (χ1v) is 12.1. The predicted octanol–water partition coefficient (Wildman–Crippen LogP) is 6.58. The van der Waals surface area contributed by atoms with Crippen molar-refractivity contribution >= 4 is 29.6 Å². The standard InChI is InChI=1S/C29H35NO4/c1-6-9-24(28(32)33)22-15-16-25(27-23(22)18-19-29(4,5)34-27)26(31)17-12-20-10-13-21(14-11-20)30(7-2)8-3/h10-19,24H,6-9H2,1-5H3,(H,32,33)/b17-12+. The highest BCUT2D eigenvalue weighted by atomic mass is 16.5. The van der Waals surface area contributed by atoms with E-state index in [0.717, 1.165) is 30.8 Å². The van der Waals surface area contributed by atoms with Crippen LogP contribution in [-0.2, 0) is 4.79 Å². The topological polar surface area (TPSA) is 66.8 Å². The van der Waals surface area contributed by atoms with Gasteiger partial charge in [-0.3, -0.25) is 9.59 Å². The van der Waals surface area contributed by atoms with Gasteiger partial charge < -0.3 is 14.7 Å². The van der Waals surface area contributed by atoms with Crippen molar-refractivity contribution in [3.8, 4) is 5.75 Å². The van der Waals surface area contributed by atoms with Crippen molar-refractivity contribution in [3.05, 3.63) is 70.8 Å². The Morgan fingerprint density at radius 1 is 1.06 bits per heavy atom. The van der Waals surface area contributed by atoms with Crippen LogP contribution in [0.5, 0.6) is 5.75 Å². The molecule has 5 heteroatoms. The van der Waals surface area contributed by atoms with E-state index in [-0.39, 0.29) is 5.78 Å². The van der Waals surface area contributed by atoms with E-state index >= 15 is 0 Å². The lowest BCUT2D eigenvalue weighted by molar-refractivity contribution is -0.139. The Balaban J connectivity index is 1.94. The lowest BCUT2D eigenvalue weighted by Gasteiger charge is -2.31. The second kappa shape index (κ2) is 10.7. The molecule has 0 radical (unpaired) electrons. The summed E-state index contributed by atoms with van der Waals surface area (Å²) in [6.07, 6.45) is 8.43. The SMILES string of the molecule is CCCC(C(=O)O)c1ccc(C(=O)/C=C/c2ccc(N(CC)CC)cc2)c2c1C=CC(C)(C)O2. The molecule has 1 N–H and O–H groups in total. The number of fused-ring (bicyclic) bond motifs is 1. The summed E-state index contributed by atoms with van der Waals surface area (Å²) in [6.45, 7) is 11.9. The first kappa shape index (κ1) is 25.3. The molecule has 1 atom stereocenters. The Kier molecular flexibility index (Phi) is 7.98. The fourth-order valence-electron chi connectivity index (χ4n) is 4.32. The quantitative estimate of drug-likeness (QED) is 0.320. The van der Waals surface area contributed by atoms with Gasteiger partial charge in [-0.1, -0.05) is 43.7 Å². The maximum atomic E-state index is 13.2. The minimum Gasteiger partial charge on any atom is -0.482 e. The van der Waals surface area contributed by atoms with Crippen molar-refractivity contribution in [2.75, 3.05) is 18.0 Å². The number of carbonyl (C=O) groups excluding carboxylic acids is 1. The fraction of sp³-hybridized carbons (Fsp3) is 0.379. The van der Waals surface area contributed by atoms with Gasteiger partial charge in [-0.2, -0.15) is 0 Å². The Hall–Kier alpha value is -3.34. The van der Waals surface area contributed by atoms with Gasteiger partial charge in [-0.25, -0.2) is 0 Å². The number of rotatable bonds is 10. The molecule has 2 aromatic carbocycles. The zero-order valence-electron chi connectivity index (χ0n) is 20.8. The van der Waals surface area contributed by atoms with E-state index in [1.54, 1.807) is 24.3 Å². The van der Waals surface area contributed by atoms with Crippen molar-refractivity contribution in [2.24, 2.45) is 0 Å². The molecular weight excluding hydrogens is 426 g/mol. The molecule has 0 amide bonds. The average Bonchev–Trinajstić information content (AvgIpc) is 2.81. The van der Waals surface area contributed by atoms with Crippen molar-refractivity contribution in [3.63, 3.8) is 0 Å². The number of hydrogen-bond donors (Lipinski definition) is 1. The van der Waals surface area contributed by atoms with E-state index < -0.39 is 17.5 Å². The number of ketones is 1. The van der Waals surface area contributed by atoms with Crippen molar-refractivity contribution < 1.29 is 19.4 Å². The van der Waals surface area contributed by atoms with Gasteiger partial charge in [-0.05, 0) is 75.6 Å². The van der Waals surface area contributed by atoms with Crippen LogP contribution < -0.4 is 9.64 Å². The number of carboxylic acid groups (broad SMARTS) is 1. The third-order valence-corrected chi connectivity index (χ3v) is 6.21. The smallest absolute Gasteiger partial charge is 0.310 e. The van der Waals surface area contributed by atoms with Crippen LogP contribution in [0, 0.1) is 0 Å². The molecule has 0 bridgehead atoms. The number of nitrogens with zero attached hydrogens (tertiary/aromatic N) is 1. The second-order valence-corrected chi connectivity index (χ2v) is 9.12. The predicted molar refractivity (Wildman–Crippen MR) is 139 cm³/mol. The zero-order chi connectivity index (χ0) is 24.9. The van der Waals surface area contributed by atoms with Crippen LogP contribution in [-0.4, -0.2) is 35.5 Å². The van der Waals surface area contributed by atoms with Crippen LogP contribution in [0.3, 0.4) is 0 Å². The van der Waals surface area contributed by atoms with Crippen LogP contribution in [0.25, 0.3) is 12.2 Å². The minimum absolute atomic E-state index is 0.177. The summed E-state index contributed by atoms with van der Waals surface area (Å²) in [5.41, 5.74) is 3.30. The molecule has 0 aromatic heterocycles. The zero-order valence-corrected chi connectivity index (χ0v) is 20.8.